The van der Waals surface area contributed by atoms with E-state index in [0.29, 0.717) is 0 Å². The van der Waals surface area contributed by atoms with E-state index in [1.165, 1.54) is 11.3 Å². The van der Waals surface area contributed by atoms with Crippen LogP contribution in [0.25, 0.3) is 17.7 Å². The number of hydrogen-bond acceptors (Lipinski definition) is 6. The number of hydrogen-bond donors (Lipinski definition) is 0. The van der Waals surface area contributed by atoms with Crippen LogP contribution in [0.5, 0.6) is 5.75 Å². The summed E-state index contributed by atoms with van der Waals surface area (Å²) in [6, 6.07) is 22.9. The Kier molecular flexibility index (Phi) is 9.79. The number of para-hydroxylation sites is 1. The first kappa shape index (κ1) is 27.9. The van der Waals surface area contributed by atoms with Crippen molar-refractivity contribution >= 4 is 23.4 Å². The van der Waals surface area contributed by atoms with Gasteiger partial charge in [-0.1, -0.05) is 54.6 Å². The predicted octanol–water partition coefficient (Wildman–Crippen LogP) is 1.39. The van der Waals surface area contributed by atoms with E-state index in [4.69, 9.17) is 23.4 Å². The van der Waals surface area contributed by atoms with Crippen molar-refractivity contribution in [2.24, 2.45) is 0 Å². The number of fused-ring (bicyclic) bond motifs is 1. The summed E-state index contributed by atoms with van der Waals surface area (Å²) >= 11 is 0. The molecule has 0 amide bonds. The van der Waals surface area contributed by atoms with Crippen LogP contribution in [0.1, 0.15) is 23.7 Å². The normalized spacial score (nSPS) is 14.1. The zero-order valence-corrected chi connectivity index (χ0v) is 21.7. The van der Waals surface area contributed by atoms with Crippen molar-refractivity contribution in [1.29, 1.82) is 0 Å². The second kappa shape index (κ2) is 13.0. The Balaban J connectivity index is 0.000000695. The first-order valence-electron chi connectivity index (χ1n) is 11.6. The van der Waals surface area contributed by atoms with E-state index in [1.54, 1.807) is 0 Å². The van der Waals surface area contributed by atoms with Crippen LogP contribution in [0.2, 0.25) is 0 Å². The molecule has 2 aromatic carbocycles. The molecule has 7 nitrogen and oxygen atoms in total. The van der Waals surface area contributed by atoms with Gasteiger partial charge in [0.15, 0.2) is 6.20 Å². The molecule has 0 bridgehead atoms. The summed E-state index contributed by atoms with van der Waals surface area (Å²) in [5.74, 6) is 1.71. The van der Waals surface area contributed by atoms with Crippen molar-refractivity contribution in [2.45, 2.75) is 13.5 Å². The molecule has 2 heterocycles. The maximum atomic E-state index is 8.49. The number of benzene rings is 2. The summed E-state index contributed by atoms with van der Waals surface area (Å²) in [4.78, 5) is 2.10. The monoisotopic (exact) mass is 520 g/mol. The molecule has 0 spiro atoms. The zero-order chi connectivity index (χ0) is 26.8. The van der Waals surface area contributed by atoms with E-state index in [1.807, 2.05) is 24.3 Å². The van der Waals surface area contributed by atoms with E-state index in [2.05, 4.69) is 116 Å². The third-order valence-electron chi connectivity index (χ3n) is 5.42. The lowest BCUT2D eigenvalue weighted by Crippen LogP contribution is -2.68. The summed E-state index contributed by atoms with van der Waals surface area (Å²) < 4.78 is 42.4. The minimum Gasteiger partial charge on any atom is -0.456 e. The zero-order valence-electron chi connectivity index (χ0n) is 20.9. The van der Waals surface area contributed by atoms with E-state index < -0.39 is 10.2 Å². The van der Waals surface area contributed by atoms with E-state index in [0.717, 1.165) is 34.9 Å². The van der Waals surface area contributed by atoms with Crippen molar-refractivity contribution in [2.75, 3.05) is 19.0 Å². The van der Waals surface area contributed by atoms with Crippen molar-refractivity contribution in [1.82, 2.24) is 0 Å². The highest BCUT2D eigenvalue weighted by atomic mass is 35.7. The molecule has 0 atom stereocenters. The number of allylic oxidation sites excluding steroid dienone is 5. The Bertz CT molecular complexity index is 1300. The summed E-state index contributed by atoms with van der Waals surface area (Å²) in [5, 5.41) is 0. The number of aromatic nitrogens is 1. The molecule has 0 N–H and O–H groups in total. The minimum absolute atomic E-state index is 0.833. The van der Waals surface area contributed by atoms with Crippen LogP contribution in [0, 0.1) is 10.2 Å². The van der Waals surface area contributed by atoms with Gasteiger partial charge in [-0.15, -0.1) is 10.2 Å². The Morgan fingerprint density at radius 3 is 2.19 bits per heavy atom. The van der Waals surface area contributed by atoms with E-state index >= 15 is 0 Å². The highest BCUT2D eigenvalue weighted by Gasteiger charge is 2.16. The van der Waals surface area contributed by atoms with Gasteiger partial charge in [-0.2, -0.15) is 4.57 Å². The SMILES string of the molecule is CC[n+]1ccccc1C=C1C=C(C=CC=Cc2ccc(N(C)C)cc2)c2ccccc2O1.[O-][Cl+3]([O-])([O-])[O-]. The van der Waals surface area contributed by atoms with Gasteiger partial charge in [-0.3, -0.25) is 0 Å². The molecular weight excluding hydrogens is 492 g/mol. The van der Waals surface area contributed by atoms with Crippen LogP contribution in [-0.4, -0.2) is 14.1 Å². The fourth-order valence-electron chi connectivity index (χ4n) is 3.65. The van der Waals surface area contributed by atoms with E-state index in [-0.39, 0.29) is 0 Å². The molecule has 1 aromatic heterocycles. The van der Waals surface area contributed by atoms with Gasteiger partial charge in [0, 0.05) is 37.5 Å². The molecule has 1 aliphatic rings. The predicted molar refractivity (Wildman–Crippen MR) is 134 cm³/mol. The Morgan fingerprint density at radius 1 is 0.865 bits per heavy atom. The molecule has 0 aliphatic carbocycles. The number of halogens is 1. The Morgan fingerprint density at radius 2 is 1.51 bits per heavy atom. The number of pyridine rings is 1. The Labute approximate surface area is 219 Å². The van der Waals surface area contributed by atoms with Crippen molar-refractivity contribution in [3.63, 3.8) is 0 Å². The van der Waals surface area contributed by atoms with Crippen LogP contribution in [0.4, 0.5) is 5.69 Å². The lowest BCUT2D eigenvalue weighted by Gasteiger charge is -2.18. The molecule has 0 saturated heterocycles. The molecule has 0 fully saturated rings. The number of ether oxygens (including phenoxy) is 1. The standard InChI is InChI=1S/C29H29N2O.ClHO4/c1-4-31-20-10-9-13-26(31)22-27-21-24(28-14-7-8-15-29(28)32-27)12-6-5-11-23-16-18-25(19-17-23)30(2)3;2-1(3,4)5/h5-22H,4H2,1-3H3;(H,2,3,4,5)/q+1;/p-1. The number of rotatable bonds is 6. The average Bonchev–Trinajstić information content (AvgIpc) is 2.86. The Hall–Kier alpha value is -3.72. The molecule has 0 radical (unpaired) electrons. The largest absolute Gasteiger partial charge is 0.456 e. The second-order valence-corrected chi connectivity index (χ2v) is 8.99. The van der Waals surface area contributed by atoms with Gasteiger partial charge in [0.1, 0.15) is 18.1 Å². The van der Waals surface area contributed by atoms with Crippen LogP contribution in [0.15, 0.2) is 103 Å². The quantitative estimate of drug-likeness (QED) is 0.359. The summed E-state index contributed by atoms with van der Waals surface area (Å²) in [6.07, 6.45) is 14.7. The maximum absolute atomic E-state index is 8.49. The third kappa shape index (κ3) is 9.02. The summed E-state index contributed by atoms with van der Waals surface area (Å²) in [5.41, 5.74) is 5.72. The summed E-state index contributed by atoms with van der Waals surface area (Å²) in [6.45, 7) is 3.05. The molecule has 3 aromatic rings. The minimum atomic E-state index is -4.94. The number of aryl methyl sites for hydroxylation is 1. The molecule has 8 heteroatoms. The third-order valence-corrected chi connectivity index (χ3v) is 5.42. The van der Waals surface area contributed by atoms with Crippen molar-refractivity contribution in [3.05, 3.63) is 120 Å². The smallest absolute Gasteiger partial charge is 0.208 e. The molecule has 0 saturated carbocycles. The van der Waals surface area contributed by atoms with Crippen LogP contribution in [0.3, 0.4) is 0 Å². The van der Waals surface area contributed by atoms with Gasteiger partial charge in [0.25, 0.3) is 0 Å². The first-order valence-corrected chi connectivity index (χ1v) is 12.8. The lowest BCUT2D eigenvalue weighted by atomic mass is 10.0. The van der Waals surface area contributed by atoms with Crippen LogP contribution in [-0.2, 0) is 6.54 Å². The molecule has 0 unspecified atom stereocenters. The first-order chi connectivity index (χ1) is 17.6. The second-order valence-electron chi connectivity index (χ2n) is 8.24. The van der Waals surface area contributed by atoms with Gasteiger partial charge in [0.2, 0.25) is 5.69 Å². The number of anilines is 1. The lowest BCUT2D eigenvalue weighted by molar-refractivity contribution is -2.00. The molecule has 37 heavy (non-hydrogen) atoms. The van der Waals surface area contributed by atoms with Gasteiger partial charge >= 0.3 is 0 Å². The van der Waals surface area contributed by atoms with Gasteiger partial charge in [0.05, 0.1) is 6.08 Å². The fraction of sp³-hybridized carbons (Fsp3) is 0.138. The van der Waals surface area contributed by atoms with Crippen molar-refractivity contribution < 1.29 is 38.2 Å². The van der Waals surface area contributed by atoms with Gasteiger partial charge in [-0.25, -0.2) is 18.6 Å². The topological polar surface area (TPSA) is 109 Å². The number of nitrogens with zero attached hydrogens (tertiary/aromatic N) is 2. The van der Waals surface area contributed by atoms with E-state index in [9.17, 15) is 0 Å². The maximum Gasteiger partial charge on any atom is 0.208 e. The molecule has 4 rings (SSSR count). The van der Waals surface area contributed by atoms with Crippen LogP contribution < -0.4 is 32.8 Å². The van der Waals surface area contributed by atoms with Gasteiger partial charge < -0.3 is 9.64 Å². The summed E-state index contributed by atoms with van der Waals surface area (Å²) in [7, 11) is -0.843. The highest BCUT2D eigenvalue weighted by Crippen LogP contribution is 2.34. The average molecular weight is 521 g/mol. The highest BCUT2D eigenvalue weighted by molar-refractivity contribution is 5.82. The molecule has 1 aliphatic heterocycles. The van der Waals surface area contributed by atoms with Crippen LogP contribution >= 0.6 is 0 Å². The fourth-order valence-corrected chi connectivity index (χ4v) is 3.65. The molecular formula is C29H29ClN2O5. The van der Waals surface area contributed by atoms with Crippen molar-refractivity contribution in [3.8, 4) is 5.75 Å². The van der Waals surface area contributed by atoms with Gasteiger partial charge in [-0.05, 0) is 48.4 Å². The molecule has 192 valence electrons.